The summed E-state index contributed by atoms with van der Waals surface area (Å²) in [6.45, 7) is 13.5. The molecule has 0 atom stereocenters. The predicted molar refractivity (Wildman–Crippen MR) is 81.2 cm³/mol. The van der Waals surface area contributed by atoms with Gasteiger partial charge in [-0.3, -0.25) is 9.80 Å². The van der Waals surface area contributed by atoms with Crippen LogP contribution in [0.2, 0.25) is 0 Å². The molecule has 1 aliphatic heterocycles. The summed E-state index contributed by atoms with van der Waals surface area (Å²) in [5.41, 5.74) is 2.99. The van der Waals surface area contributed by atoms with E-state index < -0.39 is 0 Å². The number of hydrogen-bond acceptors (Lipinski definition) is 3. The van der Waals surface area contributed by atoms with Crippen molar-refractivity contribution < 1.29 is 0 Å². The van der Waals surface area contributed by atoms with Gasteiger partial charge in [0.25, 0.3) is 0 Å². The fraction of sp³-hybridized carbons (Fsp3) is 0.625. The van der Waals surface area contributed by atoms with Crippen molar-refractivity contribution in [3.05, 3.63) is 35.4 Å². The maximum Gasteiger partial charge on any atom is 0.0238 e. The molecular weight excluding hydrogens is 234 g/mol. The van der Waals surface area contributed by atoms with Crippen LogP contribution in [0.5, 0.6) is 0 Å². The van der Waals surface area contributed by atoms with Crippen molar-refractivity contribution in [1.29, 1.82) is 0 Å². The van der Waals surface area contributed by atoms with E-state index in [2.05, 4.69) is 53.2 Å². The number of piperazine rings is 1. The molecule has 2 rings (SSSR count). The second kappa shape index (κ2) is 7.63. The summed E-state index contributed by atoms with van der Waals surface area (Å²) in [5, 5.41) is 3.42. The summed E-state index contributed by atoms with van der Waals surface area (Å²) < 4.78 is 0. The third kappa shape index (κ3) is 4.30. The Morgan fingerprint density at radius 3 is 2.32 bits per heavy atom. The van der Waals surface area contributed by atoms with Gasteiger partial charge in [0.1, 0.15) is 0 Å². The zero-order valence-electron chi connectivity index (χ0n) is 12.4. The molecule has 0 aliphatic carbocycles. The first kappa shape index (κ1) is 14.5. The highest BCUT2D eigenvalue weighted by Crippen LogP contribution is 2.14. The van der Waals surface area contributed by atoms with E-state index in [0.29, 0.717) is 0 Å². The van der Waals surface area contributed by atoms with Crippen LogP contribution in [0.3, 0.4) is 0 Å². The van der Waals surface area contributed by atoms with E-state index in [4.69, 9.17) is 0 Å². The van der Waals surface area contributed by atoms with Gasteiger partial charge in [0.15, 0.2) is 0 Å². The minimum absolute atomic E-state index is 1.08. The summed E-state index contributed by atoms with van der Waals surface area (Å²) >= 11 is 0. The van der Waals surface area contributed by atoms with Gasteiger partial charge in [-0.1, -0.05) is 38.1 Å². The lowest BCUT2D eigenvalue weighted by atomic mass is 10.1. The Balaban J connectivity index is 2.02. The number of rotatable bonds is 6. The van der Waals surface area contributed by atoms with Crippen LogP contribution < -0.4 is 5.32 Å². The molecule has 1 N–H and O–H groups in total. The van der Waals surface area contributed by atoms with Gasteiger partial charge in [-0.2, -0.15) is 0 Å². The lowest BCUT2D eigenvalue weighted by Crippen LogP contribution is -2.43. The fourth-order valence-electron chi connectivity index (χ4n) is 2.66. The summed E-state index contributed by atoms with van der Waals surface area (Å²) in [6, 6.07) is 8.92. The van der Waals surface area contributed by atoms with Gasteiger partial charge >= 0.3 is 0 Å². The molecule has 1 aromatic rings. The summed E-state index contributed by atoms with van der Waals surface area (Å²) in [7, 11) is 0. The average molecular weight is 261 g/mol. The minimum Gasteiger partial charge on any atom is -0.314 e. The molecule has 3 heteroatoms. The van der Waals surface area contributed by atoms with E-state index in [9.17, 15) is 0 Å². The van der Waals surface area contributed by atoms with Gasteiger partial charge in [0.2, 0.25) is 0 Å². The highest BCUT2D eigenvalue weighted by Gasteiger charge is 2.12. The Labute approximate surface area is 117 Å². The van der Waals surface area contributed by atoms with Crippen LogP contribution in [0.4, 0.5) is 0 Å². The van der Waals surface area contributed by atoms with Crippen LogP contribution in [0.25, 0.3) is 0 Å². The first-order valence-electron chi connectivity index (χ1n) is 7.55. The second-order valence-corrected chi connectivity index (χ2v) is 5.26. The molecular formula is C16H27N3. The largest absolute Gasteiger partial charge is 0.314 e. The quantitative estimate of drug-likeness (QED) is 0.844. The maximum atomic E-state index is 3.42. The zero-order valence-corrected chi connectivity index (χ0v) is 12.4. The van der Waals surface area contributed by atoms with E-state index in [0.717, 1.165) is 39.3 Å². The smallest absolute Gasteiger partial charge is 0.0238 e. The SMILES string of the molecule is CCN(CC)Cc1ccccc1CN1CCNCC1. The number of hydrogen-bond donors (Lipinski definition) is 1. The van der Waals surface area contributed by atoms with Crippen molar-refractivity contribution >= 4 is 0 Å². The minimum atomic E-state index is 1.08. The van der Waals surface area contributed by atoms with Crippen molar-refractivity contribution in [2.75, 3.05) is 39.3 Å². The molecule has 19 heavy (non-hydrogen) atoms. The molecule has 1 aromatic carbocycles. The van der Waals surface area contributed by atoms with Crippen LogP contribution in [-0.2, 0) is 13.1 Å². The third-order valence-electron chi connectivity index (χ3n) is 4.01. The van der Waals surface area contributed by atoms with Crippen molar-refractivity contribution in [2.24, 2.45) is 0 Å². The van der Waals surface area contributed by atoms with Crippen LogP contribution in [0, 0.1) is 0 Å². The first-order valence-corrected chi connectivity index (χ1v) is 7.55. The molecule has 0 unspecified atom stereocenters. The van der Waals surface area contributed by atoms with Crippen LogP contribution in [0.15, 0.2) is 24.3 Å². The molecule has 1 heterocycles. The first-order chi connectivity index (χ1) is 9.33. The van der Waals surface area contributed by atoms with E-state index in [1.54, 1.807) is 0 Å². The monoisotopic (exact) mass is 261 g/mol. The molecule has 1 saturated heterocycles. The number of nitrogens with zero attached hydrogens (tertiary/aromatic N) is 2. The molecule has 0 aromatic heterocycles. The van der Waals surface area contributed by atoms with Crippen molar-refractivity contribution in [3.8, 4) is 0 Å². The van der Waals surface area contributed by atoms with E-state index >= 15 is 0 Å². The Bertz CT molecular complexity index is 368. The third-order valence-corrected chi connectivity index (χ3v) is 4.01. The normalized spacial score (nSPS) is 17.0. The highest BCUT2D eigenvalue weighted by molar-refractivity contribution is 5.27. The summed E-state index contributed by atoms with van der Waals surface area (Å²) in [4.78, 5) is 5.04. The summed E-state index contributed by atoms with van der Waals surface area (Å²) in [5.74, 6) is 0. The van der Waals surface area contributed by atoms with E-state index in [1.807, 2.05) is 0 Å². The topological polar surface area (TPSA) is 18.5 Å². The highest BCUT2D eigenvalue weighted by atomic mass is 15.2. The molecule has 0 spiro atoms. The van der Waals surface area contributed by atoms with E-state index in [-0.39, 0.29) is 0 Å². The molecule has 0 saturated carbocycles. The summed E-state index contributed by atoms with van der Waals surface area (Å²) in [6.07, 6.45) is 0. The molecule has 1 aliphatic rings. The Morgan fingerprint density at radius 1 is 1.05 bits per heavy atom. The van der Waals surface area contributed by atoms with Crippen LogP contribution >= 0.6 is 0 Å². The number of benzene rings is 1. The van der Waals surface area contributed by atoms with E-state index in [1.165, 1.54) is 24.2 Å². The van der Waals surface area contributed by atoms with Crippen molar-refractivity contribution in [1.82, 2.24) is 15.1 Å². The van der Waals surface area contributed by atoms with Gasteiger partial charge < -0.3 is 5.32 Å². The van der Waals surface area contributed by atoms with Crippen LogP contribution in [0.1, 0.15) is 25.0 Å². The molecule has 106 valence electrons. The predicted octanol–water partition coefficient (Wildman–Crippen LogP) is 1.93. The molecule has 0 radical (unpaired) electrons. The Morgan fingerprint density at radius 2 is 1.68 bits per heavy atom. The lowest BCUT2D eigenvalue weighted by molar-refractivity contribution is 0.230. The van der Waals surface area contributed by atoms with Crippen LogP contribution in [-0.4, -0.2) is 49.1 Å². The molecule has 0 amide bonds. The average Bonchev–Trinajstić information content (AvgIpc) is 2.47. The van der Waals surface area contributed by atoms with Gasteiger partial charge in [0.05, 0.1) is 0 Å². The van der Waals surface area contributed by atoms with Gasteiger partial charge in [-0.05, 0) is 24.2 Å². The Hall–Kier alpha value is -0.900. The van der Waals surface area contributed by atoms with Crippen molar-refractivity contribution in [2.45, 2.75) is 26.9 Å². The fourth-order valence-corrected chi connectivity index (χ4v) is 2.66. The molecule has 3 nitrogen and oxygen atoms in total. The molecule has 1 fully saturated rings. The standard InChI is InChI=1S/C16H27N3/c1-3-18(4-2)13-15-7-5-6-8-16(15)14-19-11-9-17-10-12-19/h5-8,17H,3-4,9-14H2,1-2H3. The number of nitrogens with one attached hydrogen (secondary N) is 1. The van der Waals surface area contributed by atoms with Gasteiger partial charge in [-0.25, -0.2) is 0 Å². The van der Waals surface area contributed by atoms with Gasteiger partial charge in [0, 0.05) is 39.3 Å². The van der Waals surface area contributed by atoms with Crippen molar-refractivity contribution in [3.63, 3.8) is 0 Å². The maximum absolute atomic E-state index is 3.42. The lowest BCUT2D eigenvalue weighted by Gasteiger charge is -2.28. The zero-order chi connectivity index (χ0) is 13.5. The Kier molecular flexibility index (Phi) is 5.83. The molecule has 0 bridgehead atoms. The second-order valence-electron chi connectivity index (χ2n) is 5.26. The van der Waals surface area contributed by atoms with Gasteiger partial charge in [-0.15, -0.1) is 0 Å².